The largest absolute Gasteiger partial charge is 0.354 e. The van der Waals surface area contributed by atoms with Gasteiger partial charge < -0.3 is 15.2 Å². The number of rotatable bonds is 6. The van der Waals surface area contributed by atoms with E-state index in [4.69, 9.17) is 0 Å². The summed E-state index contributed by atoms with van der Waals surface area (Å²) in [6.07, 6.45) is 3.51. The normalized spacial score (nSPS) is 10.5. The number of benzene rings is 1. The third-order valence-electron chi connectivity index (χ3n) is 2.96. The first-order chi connectivity index (χ1) is 10.6. The second-order valence-electron chi connectivity index (χ2n) is 5.23. The molecule has 2 N–H and O–H groups in total. The number of nitrogens with zero attached hydrogens (tertiary/aromatic N) is 2. The fourth-order valence-corrected chi connectivity index (χ4v) is 1.96. The van der Waals surface area contributed by atoms with Gasteiger partial charge in [-0.15, -0.1) is 0 Å². The van der Waals surface area contributed by atoms with E-state index in [9.17, 15) is 9.59 Å². The van der Waals surface area contributed by atoms with Crippen molar-refractivity contribution in [1.29, 1.82) is 0 Å². The van der Waals surface area contributed by atoms with Gasteiger partial charge in [-0.3, -0.25) is 9.59 Å². The van der Waals surface area contributed by atoms with E-state index in [0.29, 0.717) is 5.69 Å². The van der Waals surface area contributed by atoms with Gasteiger partial charge in [0.15, 0.2) is 0 Å². The highest BCUT2D eigenvalue weighted by molar-refractivity contribution is 5.92. The molecule has 1 aromatic heterocycles. The van der Waals surface area contributed by atoms with E-state index in [-0.39, 0.29) is 30.8 Å². The van der Waals surface area contributed by atoms with E-state index in [1.807, 2.05) is 44.2 Å². The second-order valence-corrected chi connectivity index (χ2v) is 5.23. The third-order valence-corrected chi connectivity index (χ3v) is 2.96. The van der Waals surface area contributed by atoms with Crippen molar-refractivity contribution < 1.29 is 9.59 Å². The number of imidazole rings is 1. The molecule has 22 heavy (non-hydrogen) atoms. The molecule has 0 radical (unpaired) electrons. The lowest BCUT2D eigenvalue weighted by molar-refractivity contribution is -0.121. The van der Waals surface area contributed by atoms with Crippen LogP contribution in [0.25, 0.3) is 5.69 Å². The van der Waals surface area contributed by atoms with Crippen molar-refractivity contribution in [2.75, 3.05) is 6.54 Å². The molecule has 116 valence electrons. The predicted molar refractivity (Wildman–Crippen MR) is 83.8 cm³/mol. The molecule has 6 heteroatoms. The van der Waals surface area contributed by atoms with E-state index in [0.717, 1.165) is 5.69 Å². The maximum absolute atomic E-state index is 12.0. The van der Waals surface area contributed by atoms with Crippen LogP contribution in [-0.4, -0.2) is 34.0 Å². The van der Waals surface area contributed by atoms with Crippen LogP contribution >= 0.6 is 0 Å². The maximum atomic E-state index is 12.0. The first-order valence-electron chi connectivity index (χ1n) is 7.23. The van der Waals surface area contributed by atoms with Crippen LogP contribution < -0.4 is 10.6 Å². The monoisotopic (exact) mass is 300 g/mol. The van der Waals surface area contributed by atoms with Crippen molar-refractivity contribution in [3.05, 3.63) is 48.5 Å². The predicted octanol–water partition coefficient (Wildman–Crippen LogP) is 1.52. The average Bonchev–Trinajstić information content (AvgIpc) is 2.97. The molecule has 0 atom stereocenters. The highest BCUT2D eigenvalue weighted by Gasteiger charge is 2.10. The number of hydrogen-bond acceptors (Lipinski definition) is 3. The van der Waals surface area contributed by atoms with E-state index in [1.165, 1.54) is 0 Å². The standard InChI is InChI=1S/C16H20N4O2/c1-12(2)19-15(21)8-9-17-16(22)14-10-20(11-18-14)13-6-4-3-5-7-13/h3-7,10-12H,8-9H2,1-2H3,(H,17,22)(H,19,21). The van der Waals surface area contributed by atoms with Gasteiger partial charge in [-0.1, -0.05) is 18.2 Å². The molecule has 0 aliphatic heterocycles. The molecule has 2 aromatic rings. The molecule has 0 bridgehead atoms. The lowest BCUT2D eigenvalue weighted by Gasteiger charge is -2.08. The Bertz CT molecular complexity index is 635. The molecule has 0 fully saturated rings. The van der Waals surface area contributed by atoms with Crippen molar-refractivity contribution in [3.63, 3.8) is 0 Å². The smallest absolute Gasteiger partial charge is 0.271 e. The molecule has 0 saturated heterocycles. The zero-order valence-electron chi connectivity index (χ0n) is 12.7. The van der Waals surface area contributed by atoms with Gasteiger partial charge in [0.05, 0.1) is 0 Å². The van der Waals surface area contributed by atoms with Crippen molar-refractivity contribution >= 4 is 11.8 Å². The van der Waals surface area contributed by atoms with Crippen LogP contribution in [-0.2, 0) is 4.79 Å². The quantitative estimate of drug-likeness (QED) is 0.849. The zero-order chi connectivity index (χ0) is 15.9. The number of amides is 2. The summed E-state index contributed by atoms with van der Waals surface area (Å²) in [7, 11) is 0. The third kappa shape index (κ3) is 4.44. The molecule has 0 aliphatic carbocycles. The van der Waals surface area contributed by atoms with Crippen LogP contribution in [0, 0.1) is 0 Å². The molecule has 1 heterocycles. The molecular formula is C16H20N4O2. The summed E-state index contributed by atoms with van der Waals surface area (Å²) < 4.78 is 1.78. The highest BCUT2D eigenvalue weighted by Crippen LogP contribution is 2.07. The number of para-hydroxylation sites is 1. The van der Waals surface area contributed by atoms with Gasteiger partial charge in [-0.25, -0.2) is 4.98 Å². The Kier molecular flexibility index (Phi) is 5.30. The Labute approximate surface area is 129 Å². The fourth-order valence-electron chi connectivity index (χ4n) is 1.96. The van der Waals surface area contributed by atoms with Crippen molar-refractivity contribution in [1.82, 2.24) is 20.2 Å². The summed E-state index contributed by atoms with van der Waals surface area (Å²) >= 11 is 0. The summed E-state index contributed by atoms with van der Waals surface area (Å²) in [6.45, 7) is 4.08. The zero-order valence-corrected chi connectivity index (χ0v) is 12.7. The van der Waals surface area contributed by atoms with Crippen molar-refractivity contribution in [3.8, 4) is 5.69 Å². The molecule has 0 spiro atoms. The van der Waals surface area contributed by atoms with Crippen molar-refractivity contribution in [2.45, 2.75) is 26.3 Å². The first-order valence-corrected chi connectivity index (χ1v) is 7.23. The van der Waals surface area contributed by atoms with Gasteiger partial charge in [0.2, 0.25) is 5.91 Å². The fraction of sp³-hybridized carbons (Fsp3) is 0.312. The van der Waals surface area contributed by atoms with E-state index >= 15 is 0 Å². The van der Waals surface area contributed by atoms with Crippen molar-refractivity contribution in [2.24, 2.45) is 0 Å². The summed E-state index contributed by atoms with van der Waals surface area (Å²) in [5.41, 5.74) is 1.26. The number of aromatic nitrogens is 2. The van der Waals surface area contributed by atoms with Crippen LogP contribution in [0.3, 0.4) is 0 Å². The van der Waals surface area contributed by atoms with Gasteiger partial charge in [0, 0.05) is 30.9 Å². The van der Waals surface area contributed by atoms with Crippen LogP contribution in [0.4, 0.5) is 0 Å². The van der Waals surface area contributed by atoms with E-state index in [1.54, 1.807) is 17.1 Å². The van der Waals surface area contributed by atoms with Crippen LogP contribution in [0.15, 0.2) is 42.9 Å². The number of hydrogen-bond donors (Lipinski definition) is 2. The Morgan fingerprint density at radius 3 is 2.64 bits per heavy atom. The number of nitrogens with one attached hydrogen (secondary N) is 2. The van der Waals surface area contributed by atoms with Crippen LogP contribution in [0.1, 0.15) is 30.8 Å². The van der Waals surface area contributed by atoms with Crippen LogP contribution in [0.5, 0.6) is 0 Å². The summed E-state index contributed by atoms with van der Waals surface area (Å²) in [5.74, 6) is -0.364. The number of carbonyl (C=O) groups excluding carboxylic acids is 2. The molecule has 2 amide bonds. The topological polar surface area (TPSA) is 76.0 Å². The maximum Gasteiger partial charge on any atom is 0.271 e. The summed E-state index contributed by atoms with van der Waals surface area (Å²) in [6, 6.07) is 9.73. The molecule has 1 aromatic carbocycles. The first kappa shape index (κ1) is 15.8. The van der Waals surface area contributed by atoms with Gasteiger partial charge in [-0.05, 0) is 26.0 Å². The Balaban J connectivity index is 1.86. The minimum absolute atomic E-state index is 0.0786. The Morgan fingerprint density at radius 1 is 1.23 bits per heavy atom. The number of carbonyl (C=O) groups is 2. The Morgan fingerprint density at radius 2 is 1.95 bits per heavy atom. The molecule has 6 nitrogen and oxygen atoms in total. The lowest BCUT2D eigenvalue weighted by atomic mass is 10.3. The van der Waals surface area contributed by atoms with Crippen LogP contribution in [0.2, 0.25) is 0 Å². The molecule has 0 saturated carbocycles. The highest BCUT2D eigenvalue weighted by atomic mass is 16.2. The molecule has 0 unspecified atom stereocenters. The van der Waals surface area contributed by atoms with Gasteiger partial charge in [-0.2, -0.15) is 0 Å². The van der Waals surface area contributed by atoms with Gasteiger partial charge in [0.25, 0.3) is 5.91 Å². The SMILES string of the molecule is CC(C)NC(=O)CCNC(=O)c1cn(-c2ccccc2)cn1. The minimum Gasteiger partial charge on any atom is -0.354 e. The van der Waals surface area contributed by atoms with Gasteiger partial charge >= 0.3 is 0 Å². The van der Waals surface area contributed by atoms with Gasteiger partial charge in [0.1, 0.15) is 12.0 Å². The second kappa shape index (κ2) is 7.40. The minimum atomic E-state index is -0.285. The molecular weight excluding hydrogens is 280 g/mol. The summed E-state index contributed by atoms with van der Waals surface area (Å²) in [5, 5.41) is 5.46. The van der Waals surface area contributed by atoms with E-state index in [2.05, 4.69) is 15.6 Å². The lowest BCUT2D eigenvalue weighted by Crippen LogP contribution is -2.34. The average molecular weight is 300 g/mol. The molecule has 0 aliphatic rings. The summed E-state index contributed by atoms with van der Waals surface area (Å²) in [4.78, 5) is 27.5. The Hall–Kier alpha value is -2.63. The molecule has 2 rings (SSSR count). The van der Waals surface area contributed by atoms with E-state index < -0.39 is 0 Å².